The lowest BCUT2D eigenvalue weighted by molar-refractivity contribution is 0.456. The first-order chi connectivity index (χ1) is 9.51. The average Bonchev–Trinajstić information content (AvgIpc) is 2.75. The predicted molar refractivity (Wildman–Crippen MR) is 92.5 cm³/mol. The third-order valence-corrected chi connectivity index (χ3v) is 5.13. The lowest BCUT2D eigenvalue weighted by atomic mass is 10.0. The van der Waals surface area contributed by atoms with E-state index in [1.165, 1.54) is 20.9 Å². The van der Waals surface area contributed by atoms with Crippen LogP contribution in [0.3, 0.4) is 0 Å². The summed E-state index contributed by atoms with van der Waals surface area (Å²) in [6, 6.07) is 11.7. The number of hydrogen-bond donors (Lipinski definition) is 1. The Bertz CT molecular complexity index is 576. The Hall–Kier alpha value is -0.640. The van der Waals surface area contributed by atoms with E-state index in [1.54, 1.807) is 0 Å². The van der Waals surface area contributed by atoms with Crippen LogP contribution in [0.5, 0.6) is 0 Å². The summed E-state index contributed by atoms with van der Waals surface area (Å²) >= 11 is 5.44. The molecule has 2 aromatic rings. The van der Waals surface area contributed by atoms with Gasteiger partial charge in [0.1, 0.15) is 0 Å². The fourth-order valence-corrected chi connectivity index (χ4v) is 4.08. The first-order valence-corrected chi connectivity index (χ1v) is 8.70. The van der Waals surface area contributed by atoms with E-state index in [2.05, 4.69) is 79.3 Å². The zero-order chi connectivity index (χ0) is 14.7. The number of aryl methyl sites for hydroxylation is 2. The predicted octanol–water partition coefficient (Wildman–Crippen LogP) is 5.93. The molecule has 0 fully saturated rings. The van der Waals surface area contributed by atoms with Crippen LogP contribution in [0, 0.1) is 13.8 Å². The maximum absolute atomic E-state index is 3.77. The summed E-state index contributed by atoms with van der Waals surface area (Å²) < 4.78 is 1.14. The van der Waals surface area contributed by atoms with E-state index < -0.39 is 0 Å². The highest BCUT2D eigenvalue weighted by molar-refractivity contribution is 9.10. The van der Waals surface area contributed by atoms with E-state index in [0.29, 0.717) is 12.1 Å². The molecular weight excluding hydrogens is 330 g/mol. The molecule has 3 heteroatoms. The van der Waals surface area contributed by atoms with Gasteiger partial charge in [0.15, 0.2) is 0 Å². The highest BCUT2D eigenvalue weighted by Crippen LogP contribution is 2.29. The van der Waals surface area contributed by atoms with Crippen molar-refractivity contribution in [2.75, 3.05) is 0 Å². The van der Waals surface area contributed by atoms with Crippen LogP contribution in [0.1, 0.15) is 53.2 Å². The third kappa shape index (κ3) is 3.72. The van der Waals surface area contributed by atoms with E-state index in [0.717, 1.165) is 10.9 Å². The molecule has 2 unspecified atom stereocenters. The molecule has 0 radical (unpaired) electrons. The quantitative estimate of drug-likeness (QED) is 0.703. The summed E-state index contributed by atoms with van der Waals surface area (Å²) in [6.07, 6.45) is 1.09. The van der Waals surface area contributed by atoms with Gasteiger partial charge in [0.05, 0.1) is 0 Å². The summed E-state index contributed by atoms with van der Waals surface area (Å²) in [5.41, 5.74) is 2.78. The van der Waals surface area contributed by atoms with Gasteiger partial charge in [-0.1, -0.05) is 35.0 Å². The highest BCUT2D eigenvalue weighted by atomic mass is 79.9. The van der Waals surface area contributed by atoms with E-state index in [4.69, 9.17) is 0 Å². The van der Waals surface area contributed by atoms with Crippen LogP contribution < -0.4 is 5.32 Å². The third-order valence-electron chi connectivity index (χ3n) is 3.66. The van der Waals surface area contributed by atoms with Gasteiger partial charge in [0.2, 0.25) is 0 Å². The van der Waals surface area contributed by atoms with Crippen molar-refractivity contribution in [1.29, 1.82) is 0 Å². The maximum atomic E-state index is 3.77. The van der Waals surface area contributed by atoms with Gasteiger partial charge in [0, 0.05) is 26.3 Å². The lowest BCUT2D eigenvalue weighted by Gasteiger charge is -2.23. The summed E-state index contributed by atoms with van der Waals surface area (Å²) in [5.74, 6) is 0. The normalized spacial score (nSPS) is 14.2. The van der Waals surface area contributed by atoms with Gasteiger partial charge in [-0.25, -0.2) is 0 Å². The molecule has 108 valence electrons. The Morgan fingerprint density at radius 3 is 2.55 bits per heavy atom. The first kappa shape index (κ1) is 15.7. The van der Waals surface area contributed by atoms with Crippen molar-refractivity contribution in [2.24, 2.45) is 0 Å². The molecule has 0 aliphatic carbocycles. The molecule has 1 N–H and O–H groups in total. The fourth-order valence-electron chi connectivity index (χ4n) is 2.65. The van der Waals surface area contributed by atoms with Crippen molar-refractivity contribution in [3.8, 4) is 0 Å². The number of rotatable bonds is 5. The Morgan fingerprint density at radius 2 is 2.00 bits per heavy atom. The van der Waals surface area contributed by atoms with Gasteiger partial charge in [-0.05, 0) is 56.5 Å². The Balaban J connectivity index is 2.16. The minimum Gasteiger partial charge on any atom is -0.303 e. The van der Waals surface area contributed by atoms with Crippen LogP contribution in [-0.4, -0.2) is 0 Å². The molecule has 0 bridgehead atoms. The Labute approximate surface area is 134 Å². The molecule has 0 saturated heterocycles. The molecule has 1 heterocycles. The second kappa shape index (κ2) is 6.88. The summed E-state index contributed by atoms with van der Waals surface area (Å²) in [7, 11) is 0. The van der Waals surface area contributed by atoms with Crippen molar-refractivity contribution >= 4 is 27.3 Å². The topological polar surface area (TPSA) is 12.0 Å². The van der Waals surface area contributed by atoms with Crippen molar-refractivity contribution in [3.63, 3.8) is 0 Å². The van der Waals surface area contributed by atoms with Crippen LogP contribution in [0.2, 0.25) is 0 Å². The van der Waals surface area contributed by atoms with Crippen molar-refractivity contribution < 1.29 is 0 Å². The molecule has 1 aromatic carbocycles. The standard InChI is InChI=1S/C17H22BrNS/c1-5-17(14-7-6-8-15(18)10-14)19-12(3)16-9-11(2)20-13(16)4/h6-10,12,17,19H,5H2,1-4H3. The SMILES string of the molecule is CCC(NC(C)c1cc(C)sc1C)c1cccc(Br)c1. The summed E-state index contributed by atoms with van der Waals surface area (Å²) in [4.78, 5) is 2.81. The highest BCUT2D eigenvalue weighted by Gasteiger charge is 2.16. The van der Waals surface area contributed by atoms with Crippen molar-refractivity contribution in [1.82, 2.24) is 5.32 Å². The lowest BCUT2D eigenvalue weighted by Crippen LogP contribution is -2.24. The van der Waals surface area contributed by atoms with E-state index in [-0.39, 0.29) is 0 Å². The van der Waals surface area contributed by atoms with Crippen LogP contribution in [0.4, 0.5) is 0 Å². The van der Waals surface area contributed by atoms with Crippen LogP contribution in [0.25, 0.3) is 0 Å². The van der Waals surface area contributed by atoms with Gasteiger partial charge >= 0.3 is 0 Å². The zero-order valence-corrected chi connectivity index (χ0v) is 14.9. The van der Waals surface area contributed by atoms with Gasteiger partial charge in [-0.3, -0.25) is 0 Å². The number of halogens is 1. The second-order valence-electron chi connectivity index (χ2n) is 5.27. The maximum Gasteiger partial charge on any atom is 0.0323 e. The van der Waals surface area contributed by atoms with Crippen LogP contribution in [0.15, 0.2) is 34.8 Å². The van der Waals surface area contributed by atoms with Crippen LogP contribution >= 0.6 is 27.3 Å². The Kier molecular flexibility index (Phi) is 5.42. The van der Waals surface area contributed by atoms with Crippen molar-refractivity contribution in [3.05, 3.63) is 55.7 Å². The number of nitrogens with one attached hydrogen (secondary N) is 1. The van der Waals surface area contributed by atoms with Gasteiger partial charge in [0.25, 0.3) is 0 Å². The molecule has 1 nitrogen and oxygen atoms in total. The molecule has 1 aromatic heterocycles. The molecule has 0 amide bonds. The number of hydrogen-bond acceptors (Lipinski definition) is 2. The monoisotopic (exact) mass is 351 g/mol. The molecule has 0 aliphatic rings. The summed E-state index contributed by atoms with van der Waals surface area (Å²) in [6.45, 7) is 8.89. The van der Waals surface area contributed by atoms with Gasteiger partial charge < -0.3 is 5.32 Å². The molecule has 0 saturated carbocycles. The van der Waals surface area contributed by atoms with Crippen molar-refractivity contribution in [2.45, 2.75) is 46.2 Å². The minimum absolute atomic E-state index is 0.379. The van der Waals surface area contributed by atoms with Crippen LogP contribution in [-0.2, 0) is 0 Å². The molecule has 2 atom stereocenters. The van der Waals surface area contributed by atoms with Gasteiger partial charge in [-0.2, -0.15) is 0 Å². The molecular formula is C17H22BrNS. The van der Waals surface area contributed by atoms with E-state index >= 15 is 0 Å². The first-order valence-electron chi connectivity index (χ1n) is 7.09. The van der Waals surface area contributed by atoms with E-state index in [1.807, 2.05) is 11.3 Å². The largest absolute Gasteiger partial charge is 0.303 e. The number of benzene rings is 1. The second-order valence-corrected chi connectivity index (χ2v) is 7.65. The van der Waals surface area contributed by atoms with E-state index in [9.17, 15) is 0 Å². The number of thiophene rings is 1. The molecule has 20 heavy (non-hydrogen) atoms. The Morgan fingerprint density at radius 1 is 1.25 bits per heavy atom. The van der Waals surface area contributed by atoms with Gasteiger partial charge in [-0.15, -0.1) is 11.3 Å². The smallest absolute Gasteiger partial charge is 0.0323 e. The summed E-state index contributed by atoms with van der Waals surface area (Å²) in [5, 5.41) is 3.77. The molecule has 0 aliphatic heterocycles. The minimum atomic E-state index is 0.379. The molecule has 2 rings (SSSR count). The fraction of sp³-hybridized carbons (Fsp3) is 0.412. The molecule has 0 spiro atoms. The average molecular weight is 352 g/mol. The zero-order valence-electron chi connectivity index (χ0n) is 12.5.